The highest BCUT2D eigenvalue weighted by atomic mass is 16.3. The van der Waals surface area contributed by atoms with Gasteiger partial charge in [0.2, 0.25) is 0 Å². The van der Waals surface area contributed by atoms with Crippen molar-refractivity contribution in [1.82, 2.24) is 9.97 Å². The highest BCUT2D eigenvalue weighted by Gasteiger charge is 2.16. The highest BCUT2D eigenvalue weighted by molar-refractivity contribution is 5.40. The molecule has 0 saturated carbocycles. The van der Waals surface area contributed by atoms with Crippen LogP contribution in [0.15, 0.2) is 12.4 Å². The Morgan fingerprint density at radius 1 is 1.54 bits per heavy atom. The average molecular weight is 182 g/mol. The maximum atomic E-state index is 8.98. The summed E-state index contributed by atoms with van der Waals surface area (Å²) in [7, 11) is 0. The number of nitrogen functional groups attached to an aromatic ring is 1. The van der Waals surface area contributed by atoms with E-state index in [2.05, 4.69) is 15.3 Å². The van der Waals surface area contributed by atoms with Crippen molar-refractivity contribution in [3.8, 4) is 0 Å². The molecule has 0 radical (unpaired) electrons. The van der Waals surface area contributed by atoms with Crippen LogP contribution in [0.25, 0.3) is 0 Å². The van der Waals surface area contributed by atoms with Gasteiger partial charge in [-0.15, -0.1) is 0 Å². The highest BCUT2D eigenvalue weighted by Crippen LogP contribution is 2.11. The van der Waals surface area contributed by atoms with E-state index in [1.54, 1.807) is 6.20 Å². The standard InChI is InChI=1S/C8H14N4O/c1-8(2,5-13)12-7-4-10-3-6(9)11-7/h3-4,13H,5H2,1-2H3,(H3,9,11,12). The van der Waals surface area contributed by atoms with Gasteiger partial charge in [-0.1, -0.05) is 0 Å². The number of rotatable bonds is 3. The molecule has 4 N–H and O–H groups in total. The van der Waals surface area contributed by atoms with Gasteiger partial charge in [-0.2, -0.15) is 0 Å². The molecular formula is C8H14N4O. The lowest BCUT2D eigenvalue weighted by molar-refractivity contribution is 0.234. The lowest BCUT2D eigenvalue weighted by Gasteiger charge is -2.23. The maximum Gasteiger partial charge on any atom is 0.147 e. The Morgan fingerprint density at radius 3 is 2.77 bits per heavy atom. The van der Waals surface area contributed by atoms with Crippen LogP contribution in [-0.4, -0.2) is 27.2 Å². The van der Waals surface area contributed by atoms with Gasteiger partial charge in [0, 0.05) is 0 Å². The van der Waals surface area contributed by atoms with Gasteiger partial charge in [0.1, 0.15) is 11.6 Å². The van der Waals surface area contributed by atoms with Crippen molar-refractivity contribution in [2.75, 3.05) is 17.7 Å². The minimum Gasteiger partial charge on any atom is -0.394 e. The SMILES string of the molecule is CC(C)(CO)Nc1cncc(N)n1. The number of nitrogens with two attached hydrogens (primary N) is 1. The van der Waals surface area contributed by atoms with Gasteiger partial charge in [0.05, 0.1) is 24.5 Å². The van der Waals surface area contributed by atoms with Gasteiger partial charge in [-0.3, -0.25) is 4.98 Å². The summed E-state index contributed by atoms with van der Waals surface area (Å²) in [5.41, 5.74) is 5.03. The van der Waals surface area contributed by atoms with Gasteiger partial charge >= 0.3 is 0 Å². The van der Waals surface area contributed by atoms with Crippen LogP contribution >= 0.6 is 0 Å². The van der Waals surface area contributed by atoms with Crippen molar-refractivity contribution in [2.24, 2.45) is 0 Å². The molecule has 72 valence electrons. The predicted molar refractivity (Wildman–Crippen MR) is 51.2 cm³/mol. The number of nitrogens with one attached hydrogen (secondary N) is 1. The molecule has 13 heavy (non-hydrogen) atoms. The zero-order valence-corrected chi connectivity index (χ0v) is 7.78. The molecule has 0 bridgehead atoms. The zero-order valence-electron chi connectivity index (χ0n) is 7.78. The van der Waals surface area contributed by atoms with E-state index in [1.165, 1.54) is 6.20 Å². The largest absolute Gasteiger partial charge is 0.394 e. The van der Waals surface area contributed by atoms with Crippen molar-refractivity contribution in [3.63, 3.8) is 0 Å². The van der Waals surface area contributed by atoms with E-state index in [-0.39, 0.29) is 6.61 Å². The van der Waals surface area contributed by atoms with Crippen molar-refractivity contribution in [2.45, 2.75) is 19.4 Å². The molecule has 0 aliphatic carbocycles. The van der Waals surface area contributed by atoms with Crippen molar-refractivity contribution < 1.29 is 5.11 Å². The molecule has 1 aromatic rings. The Morgan fingerprint density at radius 2 is 2.23 bits per heavy atom. The van der Waals surface area contributed by atoms with E-state index in [4.69, 9.17) is 10.8 Å². The number of aliphatic hydroxyl groups is 1. The lowest BCUT2D eigenvalue weighted by atomic mass is 10.1. The van der Waals surface area contributed by atoms with Crippen LogP contribution in [0.2, 0.25) is 0 Å². The summed E-state index contributed by atoms with van der Waals surface area (Å²) in [6, 6.07) is 0. The molecule has 5 nitrogen and oxygen atoms in total. The Hall–Kier alpha value is -1.36. The number of hydrogen-bond acceptors (Lipinski definition) is 5. The number of aromatic nitrogens is 2. The van der Waals surface area contributed by atoms with E-state index in [0.29, 0.717) is 11.6 Å². The molecule has 0 aromatic carbocycles. The fraction of sp³-hybridized carbons (Fsp3) is 0.500. The minimum absolute atomic E-state index is 0.0173. The van der Waals surface area contributed by atoms with Gasteiger partial charge < -0.3 is 16.2 Å². The number of aliphatic hydroxyl groups excluding tert-OH is 1. The summed E-state index contributed by atoms with van der Waals surface area (Å²) >= 11 is 0. The van der Waals surface area contributed by atoms with Gasteiger partial charge in [-0.25, -0.2) is 4.98 Å². The summed E-state index contributed by atoms with van der Waals surface area (Å²) in [5.74, 6) is 0.929. The zero-order chi connectivity index (χ0) is 9.90. The van der Waals surface area contributed by atoms with E-state index in [1.807, 2.05) is 13.8 Å². The molecule has 1 aromatic heterocycles. The quantitative estimate of drug-likeness (QED) is 0.623. The molecule has 0 fully saturated rings. The predicted octanol–water partition coefficient (Wildman–Crippen LogP) is 0.242. The maximum absolute atomic E-state index is 8.98. The van der Waals surface area contributed by atoms with E-state index < -0.39 is 5.54 Å². The molecule has 5 heteroatoms. The summed E-state index contributed by atoms with van der Waals surface area (Å²) in [6.07, 6.45) is 3.03. The molecular weight excluding hydrogens is 168 g/mol. The molecule has 1 heterocycles. The topological polar surface area (TPSA) is 84.1 Å². The third-order valence-corrected chi connectivity index (χ3v) is 1.51. The Bertz CT molecular complexity index is 287. The van der Waals surface area contributed by atoms with Crippen LogP contribution in [0.1, 0.15) is 13.8 Å². The fourth-order valence-electron chi connectivity index (χ4n) is 0.828. The van der Waals surface area contributed by atoms with Crippen LogP contribution in [0.3, 0.4) is 0 Å². The number of hydrogen-bond donors (Lipinski definition) is 3. The normalized spacial score (nSPS) is 11.3. The molecule has 0 aliphatic rings. The summed E-state index contributed by atoms with van der Waals surface area (Å²) in [5, 5.41) is 12.0. The Kier molecular flexibility index (Phi) is 2.67. The minimum atomic E-state index is -0.414. The lowest BCUT2D eigenvalue weighted by Crippen LogP contribution is -2.35. The number of anilines is 2. The van der Waals surface area contributed by atoms with E-state index >= 15 is 0 Å². The van der Waals surface area contributed by atoms with E-state index in [0.717, 1.165) is 0 Å². The molecule has 1 rings (SSSR count). The summed E-state index contributed by atoms with van der Waals surface area (Å²) < 4.78 is 0. The van der Waals surface area contributed by atoms with E-state index in [9.17, 15) is 0 Å². The first-order chi connectivity index (χ1) is 6.03. The number of nitrogens with zero attached hydrogens (tertiary/aromatic N) is 2. The molecule has 0 saturated heterocycles. The monoisotopic (exact) mass is 182 g/mol. The third kappa shape index (κ3) is 2.87. The van der Waals surface area contributed by atoms with Crippen LogP contribution in [0.4, 0.5) is 11.6 Å². The summed E-state index contributed by atoms with van der Waals surface area (Å²) in [6.45, 7) is 3.74. The van der Waals surface area contributed by atoms with Crippen LogP contribution < -0.4 is 11.1 Å². The average Bonchev–Trinajstić information content (AvgIpc) is 2.03. The first-order valence-electron chi connectivity index (χ1n) is 4.00. The molecule has 0 atom stereocenters. The molecule has 0 spiro atoms. The molecule has 0 unspecified atom stereocenters. The van der Waals surface area contributed by atoms with Gasteiger partial charge in [0.15, 0.2) is 0 Å². The molecule has 0 amide bonds. The Balaban J connectivity index is 2.74. The first-order valence-corrected chi connectivity index (χ1v) is 4.00. The van der Waals surface area contributed by atoms with Crippen LogP contribution in [-0.2, 0) is 0 Å². The summed E-state index contributed by atoms with van der Waals surface area (Å²) in [4.78, 5) is 7.87. The van der Waals surface area contributed by atoms with Crippen LogP contribution in [0.5, 0.6) is 0 Å². The van der Waals surface area contributed by atoms with Crippen molar-refractivity contribution >= 4 is 11.6 Å². The second kappa shape index (κ2) is 3.57. The first kappa shape index (κ1) is 9.73. The Labute approximate surface area is 77.0 Å². The second-order valence-corrected chi connectivity index (χ2v) is 3.50. The smallest absolute Gasteiger partial charge is 0.147 e. The molecule has 0 aliphatic heterocycles. The van der Waals surface area contributed by atoms with Gasteiger partial charge in [-0.05, 0) is 13.8 Å². The fourth-order valence-corrected chi connectivity index (χ4v) is 0.828. The third-order valence-electron chi connectivity index (χ3n) is 1.51. The van der Waals surface area contributed by atoms with Crippen molar-refractivity contribution in [3.05, 3.63) is 12.4 Å². The van der Waals surface area contributed by atoms with Crippen LogP contribution in [0, 0.1) is 0 Å². The van der Waals surface area contributed by atoms with Crippen molar-refractivity contribution in [1.29, 1.82) is 0 Å². The van der Waals surface area contributed by atoms with Gasteiger partial charge in [0.25, 0.3) is 0 Å². The second-order valence-electron chi connectivity index (χ2n) is 3.50.